The lowest BCUT2D eigenvalue weighted by Crippen LogP contribution is -2.40. The molecule has 0 spiro atoms. The van der Waals surface area contributed by atoms with Gasteiger partial charge in [-0.1, -0.05) is 6.07 Å². The Morgan fingerprint density at radius 1 is 1.43 bits per heavy atom. The molecule has 2 N–H and O–H groups in total. The Bertz CT molecular complexity index is 497. The van der Waals surface area contributed by atoms with E-state index in [9.17, 15) is 9.82 Å². The summed E-state index contributed by atoms with van der Waals surface area (Å²) >= 11 is 5.61. The molecule has 0 fully saturated rings. The predicted molar refractivity (Wildman–Crippen MR) is 87.6 cm³/mol. The Kier molecular flexibility index (Phi) is 6.09. The minimum absolute atomic E-state index is 0.0308. The van der Waals surface area contributed by atoms with E-state index < -0.39 is 7.05 Å². The number of amides is 1. The Hall–Kier alpha value is -1.04. The highest BCUT2D eigenvalue weighted by molar-refractivity contribution is 6.45. The van der Waals surface area contributed by atoms with Gasteiger partial charge < -0.3 is 15.2 Å². The predicted octanol–water partition coefficient (Wildman–Crippen LogP) is 2.50. The lowest BCUT2D eigenvalue weighted by atomic mass is 9.81. The summed E-state index contributed by atoms with van der Waals surface area (Å²) in [6.45, 7) is 3.38. The highest BCUT2D eigenvalue weighted by Gasteiger charge is 2.22. The van der Waals surface area contributed by atoms with Crippen LogP contribution in [-0.2, 0) is 17.8 Å². The largest absolute Gasteiger partial charge is 0.437 e. The van der Waals surface area contributed by atoms with Gasteiger partial charge in [-0.3, -0.25) is 4.79 Å². The molecule has 0 radical (unpaired) electrons. The average molecular weight is 309 g/mol. The summed E-state index contributed by atoms with van der Waals surface area (Å²) in [6, 6.07) is 6.04. The second-order valence-corrected chi connectivity index (χ2v) is 5.91. The molecule has 114 valence electrons. The molecule has 4 nitrogen and oxygen atoms in total. The van der Waals surface area contributed by atoms with Crippen molar-refractivity contribution in [3.63, 3.8) is 0 Å². The van der Waals surface area contributed by atoms with Crippen LogP contribution in [0.4, 0.5) is 5.69 Å². The van der Waals surface area contributed by atoms with E-state index >= 15 is 0 Å². The Morgan fingerprint density at radius 2 is 2.24 bits per heavy atom. The first-order valence-electron chi connectivity index (χ1n) is 7.50. The van der Waals surface area contributed by atoms with Crippen LogP contribution in [0, 0.1) is 0 Å². The zero-order chi connectivity index (χ0) is 15.2. The topological polar surface area (TPSA) is 52.6 Å². The molecule has 2 rings (SSSR count). The smallest absolute Gasteiger partial charge is 0.376 e. The molecule has 1 heterocycles. The van der Waals surface area contributed by atoms with Crippen LogP contribution in [0.15, 0.2) is 18.2 Å². The van der Waals surface area contributed by atoms with Crippen molar-refractivity contribution in [2.75, 3.05) is 17.7 Å². The number of unbranched alkanes of at least 4 members (excludes halogenated alkanes) is 1. The van der Waals surface area contributed by atoms with Gasteiger partial charge in [0.2, 0.25) is 5.91 Å². The van der Waals surface area contributed by atoms with E-state index in [2.05, 4.69) is 11.4 Å². The van der Waals surface area contributed by atoms with Crippen LogP contribution in [0.5, 0.6) is 0 Å². The summed E-state index contributed by atoms with van der Waals surface area (Å²) in [7, 11) is -0.438. The van der Waals surface area contributed by atoms with Gasteiger partial charge in [0.15, 0.2) is 0 Å². The molecular formula is C15H22BClN2O2. The van der Waals surface area contributed by atoms with Gasteiger partial charge in [0.05, 0.1) is 0 Å². The fourth-order valence-corrected chi connectivity index (χ4v) is 2.77. The Morgan fingerprint density at radius 3 is 2.95 bits per heavy atom. The molecule has 0 aromatic heterocycles. The Balaban J connectivity index is 1.97. The van der Waals surface area contributed by atoms with Crippen LogP contribution in [0.3, 0.4) is 0 Å². The maximum Gasteiger partial charge on any atom is 0.376 e. The number of carbonyl (C=O) groups excluding carboxylic acids is 1. The molecular weight excluding hydrogens is 286 g/mol. The molecule has 0 aliphatic carbocycles. The number of alkyl halides is 1. The van der Waals surface area contributed by atoms with Crippen molar-refractivity contribution in [3.8, 4) is 0 Å². The molecule has 1 aliphatic heterocycles. The standard InChI is InChI=1S/C15H22BClN2O2/c1-16(21)19-9-7-12-5-6-14(10-13(12)11-19)18-15(20)4-2-3-8-17/h5-6,10,21H,2-4,7-9,11H2,1H3,(H,18,20). The van der Waals surface area contributed by atoms with E-state index in [0.717, 1.165) is 38.0 Å². The minimum atomic E-state index is -0.438. The second-order valence-electron chi connectivity index (χ2n) is 5.53. The molecule has 0 bridgehead atoms. The third kappa shape index (κ3) is 4.73. The number of anilines is 1. The number of fused-ring (bicyclic) bond motifs is 1. The summed E-state index contributed by atoms with van der Waals surface area (Å²) in [4.78, 5) is 13.8. The van der Waals surface area contributed by atoms with Crippen molar-refractivity contribution >= 4 is 30.2 Å². The highest BCUT2D eigenvalue weighted by atomic mass is 35.5. The van der Waals surface area contributed by atoms with Crippen LogP contribution in [0.25, 0.3) is 0 Å². The van der Waals surface area contributed by atoms with Crippen molar-refractivity contribution in [1.82, 2.24) is 4.81 Å². The van der Waals surface area contributed by atoms with Gasteiger partial charge in [0, 0.05) is 24.5 Å². The van der Waals surface area contributed by atoms with Gasteiger partial charge in [0.1, 0.15) is 0 Å². The fraction of sp³-hybridized carbons (Fsp3) is 0.533. The van der Waals surface area contributed by atoms with Gasteiger partial charge in [0.25, 0.3) is 0 Å². The molecule has 1 amide bonds. The third-order valence-corrected chi connectivity index (χ3v) is 4.11. The Labute approximate surface area is 131 Å². The van der Waals surface area contributed by atoms with Crippen molar-refractivity contribution in [2.24, 2.45) is 0 Å². The quantitative estimate of drug-likeness (QED) is 0.482. The van der Waals surface area contributed by atoms with E-state index in [1.165, 1.54) is 11.1 Å². The van der Waals surface area contributed by atoms with Gasteiger partial charge in [-0.2, -0.15) is 0 Å². The lowest BCUT2D eigenvalue weighted by molar-refractivity contribution is -0.116. The molecule has 0 unspecified atom stereocenters. The van der Waals surface area contributed by atoms with Crippen molar-refractivity contribution in [2.45, 2.75) is 39.1 Å². The van der Waals surface area contributed by atoms with E-state index in [4.69, 9.17) is 11.6 Å². The molecule has 0 atom stereocenters. The number of rotatable bonds is 6. The van der Waals surface area contributed by atoms with Crippen LogP contribution in [0.1, 0.15) is 30.4 Å². The molecule has 0 saturated carbocycles. The fourth-order valence-electron chi connectivity index (χ4n) is 2.58. The van der Waals surface area contributed by atoms with Gasteiger partial charge in [-0.25, -0.2) is 0 Å². The van der Waals surface area contributed by atoms with E-state index in [1.807, 2.05) is 16.9 Å². The van der Waals surface area contributed by atoms with Crippen LogP contribution in [-0.4, -0.2) is 35.2 Å². The molecule has 0 saturated heterocycles. The van der Waals surface area contributed by atoms with Crippen LogP contribution >= 0.6 is 11.6 Å². The number of nitrogens with zero attached hydrogens (tertiary/aromatic N) is 1. The number of halogens is 1. The zero-order valence-electron chi connectivity index (χ0n) is 12.4. The van der Waals surface area contributed by atoms with Crippen molar-refractivity contribution in [3.05, 3.63) is 29.3 Å². The van der Waals surface area contributed by atoms with Crippen LogP contribution in [0.2, 0.25) is 6.82 Å². The van der Waals surface area contributed by atoms with Crippen molar-refractivity contribution < 1.29 is 9.82 Å². The van der Waals surface area contributed by atoms with E-state index in [-0.39, 0.29) is 5.91 Å². The first-order chi connectivity index (χ1) is 10.1. The maximum absolute atomic E-state index is 11.8. The summed E-state index contributed by atoms with van der Waals surface area (Å²) in [5, 5.41) is 12.6. The van der Waals surface area contributed by atoms with E-state index in [1.54, 1.807) is 6.82 Å². The third-order valence-electron chi connectivity index (χ3n) is 3.85. The van der Waals surface area contributed by atoms with Crippen LogP contribution < -0.4 is 5.32 Å². The summed E-state index contributed by atoms with van der Waals surface area (Å²) in [5.41, 5.74) is 3.31. The number of benzene rings is 1. The first-order valence-corrected chi connectivity index (χ1v) is 8.03. The monoisotopic (exact) mass is 308 g/mol. The summed E-state index contributed by atoms with van der Waals surface area (Å²) < 4.78 is 0. The zero-order valence-corrected chi connectivity index (χ0v) is 13.2. The second kappa shape index (κ2) is 7.83. The normalized spacial score (nSPS) is 14.6. The average Bonchev–Trinajstić information content (AvgIpc) is 2.46. The molecule has 1 aliphatic rings. The molecule has 6 heteroatoms. The summed E-state index contributed by atoms with van der Waals surface area (Å²) in [5.74, 6) is 0.629. The van der Waals surface area contributed by atoms with E-state index in [0.29, 0.717) is 12.3 Å². The first kappa shape index (κ1) is 16.3. The van der Waals surface area contributed by atoms with Gasteiger partial charge >= 0.3 is 7.05 Å². The van der Waals surface area contributed by atoms with Crippen molar-refractivity contribution in [1.29, 1.82) is 0 Å². The minimum Gasteiger partial charge on any atom is -0.437 e. The van der Waals surface area contributed by atoms with Gasteiger partial charge in [-0.15, -0.1) is 11.6 Å². The number of hydrogen-bond donors (Lipinski definition) is 2. The van der Waals surface area contributed by atoms with Gasteiger partial charge in [-0.05, 0) is 55.9 Å². The molecule has 21 heavy (non-hydrogen) atoms. The highest BCUT2D eigenvalue weighted by Crippen LogP contribution is 2.23. The number of nitrogens with one attached hydrogen (secondary N) is 1. The molecule has 1 aromatic carbocycles. The number of carbonyl (C=O) groups is 1. The number of hydrogen-bond acceptors (Lipinski definition) is 3. The summed E-state index contributed by atoms with van der Waals surface area (Å²) in [6.07, 6.45) is 3.12. The molecule has 1 aromatic rings. The SMILES string of the molecule is CB(O)N1CCc2ccc(NC(=O)CCCCCl)cc2C1. The maximum atomic E-state index is 11.8. The lowest BCUT2D eigenvalue weighted by Gasteiger charge is -2.29.